The molecular formula is C27H34N2O. The molecular weight excluding hydrogens is 368 g/mol. The van der Waals surface area contributed by atoms with Crippen molar-refractivity contribution in [3.63, 3.8) is 0 Å². The van der Waals surface area contributed by atoms with Gasteiger partial charge >= 0.3 is 0 Å². The lowest BCUT2D eigenvalue weighted by atomic mass is 9.80. The van der Waals surface area contributed by atoms with Crippen LogP contribution < -0.4 is 0 Å². The van der Waals surface area contributed by atoms with Crippen LogP contribution in [0.1, 0.15) is 81.3 Å². The number of hydrogen-bond acceptors (Lipinski definition) is 3. The van der Waals surface area contributed by atoms with E-state index in [9.17, 15) is 0 Å². The molecule has 0 atom stereocenters. The normalized spacial score (nSPS) is 27.1. The van der Waals surface area contributed by atoms with Gasteiger partial charge in [0.05, 0.1) is 23.8 Å². The van der Waals surface area contributed by atoms with Crippen LogP contribution in [0.5, 0.6) is 0 Å². The molecule has 1 aromatic rings. The number of allylic oxidation sites excluding steroid dienone is 4. The third-order valence-corrected chi connectivity index (χ3v) is 6.88. The predicted octanol–water partition coefficient (Wildman–Crippen LogP) is 6.82. The summed E-state index contributed by atoms with van der Waals surface area (Å²) in [6.07, 6.45) is 20.3. The first-order valence-electron chi connectivity index (χ1n) is 11.6. The van der Waals surface area contributed by atoms with Gasteiger partial charge in [-0.15, -0.1) is 0 Å². The van der Waals surface area contributed by atoms with Gasteiger partial charge in [0, 0.05) is 12.7 Å². The molecule has 0 bridgehead atoms. The Morgan fingerprint density at radius 3 is 2.23 bits per heavy atom. The number of nitrogens with zero attached hydrogens (tertiary/aromatic N) is 2. The molecule has 2 saturated carbocycles. The minimum Gasteiger partial charge on any atom is -0.378 e. The van der Waals surface area contributed by atoms with Crippen LogP contribution in [0.4, 0.5) is 0 Å². The van der Waals surface area contributed by atoms with Crippen molar-refractivity contribution in [3.05, 3.63) is 59.7 Å². The molecule has 0 spiro atoms. The van der Waals surface area contributed by atoms with Crippen molar-refractivity contribution >= 4 is 0 Å². The molecule has 1 aromatic carbocycles. The zero-order chi connectivity index (χ0) is 21.0. The molecule has 0 N–H and O–H groups in total. The summed E-state index contributed by atoms with van der Waals surface area (Å²) >= 11 is 0. The maximum Gasteiger partial charge on any atom is 0.0991 e. The molecule has 3 heteroatoms. The lowest BCUT2D eigenvalue weighted by Crippen LogP contribution is -2.25. The van der Waals surface area contributed by atoms with E-state index in [4.69, 9.17) is 15.3 Å². The van der Waals surface area contributed by atoms with Crippen molar-refractivity contribution in [2.45, 2.75) is 76.2 Å². The van der Waals surface area contributed by atoms with Crippen LogP contribution in [0.2, 0.25) is 0 Å². The molecule has 0 amide bonds. The van der Waals surface area contributed by atoms with Crippen molar-refractivity contribution in [2.24, 2.45) is 11.8 Å². The lowest BCUT2D eigenvalue weighted by molar-refractivity contribution is -0.00474. The van der Waals surface area contributed by atoms with Gasteiger partial charge in [-0.05, 0) is 86.8 Å². The monoisotopic (exact) mass is 402 g/mol. The molecule has 158 valence electrons. The molecule has 3 nitrogen and oxygen atoms in total. The Morgan fingerprint density at radius 1 is 0.867 bits per heavy atom. The minimum absolute atomic E-state index is 0.434. The van der Waals surface area contributed by atoms with Gasteiger partial charge in [-0.2, -0.15) is 10.5 Å². The average molecular weight is 403 g/mol. The van der Waals surface area contributed by atoms with Gasteiger partial charge in [-0.1, -0.05) is 43.2 Å². The quantitative estimate of drug-likeness (QED) is 0.354. The Kier molecular flexibility index (Phi) is 9.20. The van der Waals surface area contributed by atoms with Gasteiger partial charge in [0.25, 0.3) is 0 Å². The van der Waals surface area contributed by atoms with Crippen LogP contribution in [-0.4, -0.2) is 12.7 Å². The van der Waals surface area contributed by atoms with E-state index in [2.05, 4.69) is 24.3 Å². The molecule has 0 saturated heterocycles. The van der Waals surface area contributed by atoms with E-state index in [1.165, 1.54) is 56.6 Å². The highest BCUT2D eigenvalue weighted by molar-refractivity contribution is 5.33. The average Bonchev–Trinajstić information content (AvgIpc) is 2.81. The van der Waals surface area contributed by atoms with E-state index in [-0.39, 0.29) is 0 Å². The van der Waals surface area contributed by atoms with Crippen LogP contribution >= 0.6 is 0 Å². The second kappa shape index (κ2) is 12.4. The van der Waals surface area contributed by atoms with Crippen molar-refractivity contribution in [1.82, 2.24) is 0 Å². The van der Waals surface area contributed by atoms with E-state index in [0.717, 1.165) is 43.3 Å². The van der Waals surface area contributed by atoms with E-state index in [0.29, 0.717) is 12.0 Å². The Morgan fingerprint density at radius 2 is 1.57 bits per heavy atom. The highest BCUT2D eigenvalue weighted by atomic mass is 16.5. The second-order valence-electron chi connectivity index (χ2n) is 8.92. The third-order valence-electron chi connectivity index (χ3n) is 6.88. The smallest absolute Gasteiger partial charge is 0.0991 e. The largest absolute Gasteiger partial charge is 0.378 e. The minimum atomic E-state index is 0.434. The maximum absolute atomic E-state index is 8.95. The van der Waals surface area contributed by atoms with Gasteiger partial charge in [-0.25, -0.2) is 0 Å². The molecule has 3 rings (SSSR count). The summed E-state index contributed by atoms with van der Waals surface area (Å²) in [6.45, 7) is 0.942. The molecule has 2 fully saturated rings. The zero-order valence-electron chi connectivity index (χ0n) is 18.0. The van der Waals surface area contributed by atoms with Crippen molar-refractivity contribution in [2.75, 3.05) is 6.61 Å². The Bertz CT molecular complexity index is 765. The summed E-state index contributed by atoms with van der Waals surface area (Å²) in [5.41, 5.74) is 2.12. The maximum atomic E-state index is 8.95. The highest BCUT2D eigenvalue weighted by Gasteiger charge is 2.25. The van der Waals surface area contributed by atoms with Crippen molar-refractivity contribution < 1.29 is 4.74 Å². The highest BCUT2D eigenvalue weighted by Crippen LogP contribution is 2.36. The van der Waals surface area contributed by atoms with Gasteiger partial charge < -0.3 is 4.74 Å². The van der Waals surface area contributed by atoms with E-state index >= 15 is 0 Å². The topological polar surface area (TPSA) is 56.8 Å². The fraction of sp³-hybridized carbons (Fsp3) is 0.556. The second-order valence-corrected chi connectivity index (χ2v) is 8.92. The van der Waals surface area contributed by atoms with Crippen LogP contribution in [0, 0.1) is 34.5 Å². The number of nitriles is 2. The summed E-state index contributed by atoms with van der Waals surface area (Å²) < 4.78 is 6.33. The van der Waals surface area contributed by atoms with Crippen molar-refractivity contribution in [1.29, 1.82) is 10.5 Å². The molecule has 2 aliphatic rings. The summed E-state index contributed by atoms with van der Waals surface area (Å²) in [5.74, 6) is 2.22. The van der Waals surface area contributed by atoms with Crippen LogP contribution in [0.25, 0.3) is 0 Å². The lowest BCUT2D eigenvalue weighted by Gasteiger charge is -2.32. The Balaban J connectivity index is 1.28. The summed E-state index contributed by atoms with van der Waals surface area (Å²) in [6, 6.07) is 12.3. The Hall–Kier alpha value is -2.36. The first-order valence-corrected chi connectivity index (χ1v) is 11.6. The van der Waals surface area contributed by atoms with E-state index in [1.54, 1.807) is 0 Å². The van der Waals surface area contributed by atoms with Crippen LogP contribution in [0.15, 0.2) is 48.6 Å². The summed E-state index contributed by atoms with van der Waals surface area (Å²) in [5, 5.41) is 17.4. The number of rotatable bonds is 8. The molecule has 0 aliphatic heterocycles. The molecule has 30 heavy (non-hydrogen) atoms. The van der Waals surface area contributed by atoms with E-state index in [1.807, 2.05) is 30.4 Å². The molecule has 0 heterocycles. The van der Waals surface area contributed by atoms with Gasteiger partial charge in [-0.3, -0.25) is 0 Å². The fourth-order valence-electron chi connectivity index (χ4n) is 4.96. The van der Waals surface area contributed by atoms with Crippen LogP contribution in [-0.2, 0) is 4.74 Å². The number of hydrogen-bond donors (Lipinski definition) is 0. The standard InChI is InChI=1S/C27H34N2O/c28-19-5-3-1-2-4-6-22-7-9-24(10-8-22)21-30-27-17-15-26(16-18-27)25-13-11-23(20-29)12-14-25/h1-3,5,11-14,22,24,26-27H,4,6-10,15-18,21H2. The third kappa shape index (κ3) is 7.16. The summed E-state index contributed by atoms with van der Waals surface area (Å²) in [4.78, 5) is 0. The fourth-order valence-corrected chi connectivity index (χ4v) is 4.96. The zero-order valence-corrected chi connectivity index (χ0v) is 18.0. The van der Waals surface area contributed by atoms with Crippen LogP contribution in [0.3, 0.4) is 0 Å². The number of benzene rings is 1. The Labute approximate surface area is 182 Å². The number of ether oxygens (including phenoxy) is 1. The first-order chi connectivity index (χ1) is 14.8. The van der Waals surface area contributed by atoms with Crippen molar-refractivity contribution in [3.8, 4) is 12.1 Å². The molecule has 0 radical (unpaired) electrons. The summed E-state index contributed by atoms with van der Waals surface area (Å²) in [7, 11) is 0. The molecule has 0 aromatic heterocycles. The SMILES string of the molecule is N#CC=CC=CCCC1CCC(COC2CCC(c3ccc(C#N)cc3)CC2)CC1. The molecule has 0 unspecified atom stereocenters. The first kappa shape index (κ1) is 22.3. The van der Waals surface area contributed by atoms with E-state index < -0.39 is 0 Å². The predicted molar refractivity (Wildman–Crippen MR) is 121 cm³/mol. The van der Waals surface area contributed by atoms with Gasteiger partial charge in [0.2, 0.25) is 0 Å². The molecule has 2 aliphatic carbocycles. The van der Waals surface area contributed by atoms with Gasteiger partial charge in [0.15, 0.2) is 0 Å². The van der Waals surface area contributed by atoms with Gasteiger partial charge in [0.1, 0.15) is 0 Å².